The predicted molar refractivity (Wildman–Crippen MR) is 83.7 cm³/mol. The van der Waals surface area contributed by atoms with Crippen LogP contribution in [0.2, 0.25) is 0 Å². The van der Waals surface area contributed by atoms with Crippen LogP contribution >= 0.6 is 12.4 Å². The summed E-state index contributed by atoms with van der Waals surface area (Å²) in [5.74, 6) is 0.813. The number of hydrogen-bond acceptors (Lipinski definition) is 4. The molecule has 1 fully saturated rings. The Hall–Kier alpha value is -0.820. The molecule has 1 saturated heterocycles. The Kier molecular flexibility index (Phi) is 5.14. The molecule has 3 rings (SSSR count). The topological polar surface area (TPSA) is 58.6 Å². The van der Waals surface area contributed by atoms with E-state index in [1.807, 2.05) is 0 Å². The molecular weight excluding hydrogens is 312 g/mol. The van der Waals surface area contributed by atoms with Crippen molar-refractivity contribution in [2.75, 3.05) is 26.7 Å². The maximum absolute atomic E-state index is 12.7. The van der Waals surface area contributed by atoms with Crippen molar-refractivity contribution in [1.82, 2.24) is 9.62 Å². The van der Waals surface area contributed by atoms with Crippen molar-refractivity contribution in [3.8, 4) is 5.75 Å². The van der Waals surface area contributed by atoms with Crippen LogP contribution in [0.1, 0.15) is 18.4 Å². The molecule has 0 aliphatic carbocycles. The molecular formula is C14H21ClN2O3S. The second-order valence-electron chi connectivity index (χ2n) is 5.37. The lowest BCUT2D eigenvalue weighted by molar-refractivity contribution is 0.296. The third-order valence-electron chi connectivity index (χ3n) is 4.16. The van der Waals surface area contributed by atoms with Crippen molar-refractivity contribution in [2.24, 2.45) is 0 Å². The van der Waals surface area contributed by atoms with Crippen molar-refractivity contribution >= 4 is 22.4 Å². The lowest BCUT2D eigenvalue weighted by Crippen LogP contribution is -2.43. The minimum absolute atomic E-state index is 0. The molecule has 0 unspecified atom stereocenters. The zero-order valence-corrected chi connectivity index (χ0v) is 13.7. The molecule has 1 N–H and O–H groups in total. The third kappa shape index (κ3) is 3.18. The van der Waals surface area contributed by atoms with Crippen molar-refractivity contribution in [3.05, 3.63) is 23.8 Å². The molecule has 0 aromatic heterocycles. The van der Waals surface area contributed by atoms with Crippen LogP contribution in [0.4, 0.5) is 0 Å². The SMILES string of the molecule is CN(C1CCNCC1)S(=O)(=O)c1ccc2c(c1)CCO2.Cl. The maximum atomic E-state index is 12.7. The van der Waals surface area contributed by atoms with Crippen LogP contribution in [0.5, 0.6) is 5.75 Å². The van der Waals surface area contributed by atoms with E-state index in [0.717, 1.165) is 43.7 Å². The van der Waals surface area contributed by atoms with Gasteiger partial charge in [0, 0.05) is 19.5 Å². The molecule has 0 saturated carbocycles. The average Bonchev–Trinajstić information content (AvgIpc) is 2.94. The van der Waals surface area contributed by atoms with Crippen LogP contribution < -0.4 is 10.1 Å². The average molecular weight is 333 g/mol. The number of benzene rings is 1. The molecule has 2 heterocycles. The summed E-state index contributed by atoms with van der Waals surface area (Å²) in [6, 6.07) is 5.27. The second kappa shape index (κ2) is 6.52. The van der Waals surface area contributed by atoms with Gasteiger partial charge in [0.1, 0.15) is 5.75 Å². The molecule has 1 aromatic rings. The molecule has 21 heavy (non-hydrogen) atoms. The molecule has 0 bridgehead atoms. The molecule has 0 radical (unpaired) electrons. The first-order valence-corrected chi connectivity index (χ1v) is 8.47. The van der Waals surface area contributed by atoms with Crippen LogP contribution in [-0.2, 0) is 16.4 Å². The molecule has 2 aliphatic heterocycles. The maximum Gasteiger partial charge on any atom is 0.243 e. The summed E-state index contributed by atoms with van der Waals surface area (Å²) in [7, 11) is -1.72. The van der Waals surface area contributed by atoms with Crippen molar-refractivity contribution in [2.45, 2.75) is 30.2 Å². The van der Waals surface area contributed by atoms with Gasteiger partial charge in [-0.2, -0.15) is 4.31 Å². The molecule has 118 valence electrons. The molecule has 1 aromatic carbocycles. The van der Waals surface area contributed by atoms with Gasteiger partial charge >= 0.3 is 0 Å². The zero-order chi connectivity index (χ0) is 14.2. The van der Waals surface area contributed by atoms with Gasteiger partial charge < -0.3 is 10.1 Å². The van der Waals surface area contributed by atoms with Gasteiger partial charge in [0.25, 0.3) is 0 Å². The highest BCUT2D eigenvalue weighted by atomic mass is 35.5. The van der Waals surface area contributed by atoms with E-state index in [1.165, 1.54) is 4.31 Å². The minimum Gasteiger partial charge on any atom is -0.493 e. The zero-order valence-electron chi connectivity index (χ0n) is 12.0. The normalized spacial score (nSPS) is 19.0. The van der Waals surface area contributed by atoms with Gasteiger partial charge in [-0.05, 0) is 49.7 Å². The fourth-order valence-corrected chi connectivity index (χ4v) is 4.32. The smallest absolute Gasteiger partial charge is 0.243 e. The summed E-state index contributed by atoms with van der Waals surface area (Å²) in [5, 5.41) is 3.26. The first-order valence-electron chi connectivity index (χ1n) is 7.03. The highest BCUT2D eigenvalue weighted by Crippen LogP contribution is 2.29. The van der Waals surface area contributed by atoms with Crippen LogP contribution in [-0.4, -0.2) is 45.5 Å². The minimum atomic E-state index is -3.41. The van der Waals surface area contributed by atoms with Gasteiger partial charge in [0.15, 0.2) is 0 Å². The van der Waals surface area contributed by atoms with E-state index in [-0.39, 0.29) is 18.4 Å². The summed E-state index contributed by atoms with van der Waals surface area (Å²) in [6.45, 7) is 2.40. The van der Waals surface area contributed by atoms with Crippen LogP contribution in [0.3, 0.4) is 0 Å². The fourth-order valence-electron chi connectivity index (χ4n) is 2.86. The van der Waals surface area contributed by atoms with Gasteiger partial charge in [-0.15, -0.1) is 12.4 Å². The second-order valence-corrected chi connectivity index (χ2v) is 7.37. The van der Waals surface area contributed by atoms with E-state index in [1.54, 1.807) is 25.2 Å². The summed E-state index contributed by atoms with van der Waals surface area (Å²) in [5.41, 5.74) is 0.991. The quantitative estimate of drug-likeness (QED) is 0.909. The van der Waals surface area contributed by atoms with E-state index >= 15 is 0 Å². The Morgan fingerprint density at radius 2 is 2.00 bits per heavy atom. The Morgan fingerprint density at radius 1 is 1.29 bits per heavy atom. The third-order valence-corrected chi connectivity index (χ3v) is 6.07. The molecule has 0 atom stereocenters. The van der Waals surface area contributed by atoms with Crippen LogP contribution in [0.15, 0.2) is 23.1 Å². The number of ether oxygens (including phenoxy) is 1. The van der Waals surface area contributed by atoms with Crippen molar-refractivity contribution < 1.29 is 13.2 Å². The number of piperidine rings is 1. The molecule has 0 amide bonds. The van der Waals surface area contributed by atoms with Gasteiger partial charge in [-0.1, -0.05) is 0 Å². The summed E-state index contributed by atoms with van der Waals surface area (Å²) in [6.07, 6.45) is 2.52. The Labute approximate surface area is 132 Å². The van der Waals surface area contributed by atoms with Crippen molar-refractivity contribution in [1.29, 1.82) is 0 Å². The number of fused-ring (bicyclic) bond motifs is 1. The largest absolute Gasteiger partial charge is 0.493 e. The Morgan fingerprint density at radius 3 is 2.71 bits per heavy atom. The van der Waals surface area contributed by atoms with E-state index in [9.17, 15) is 8.42 Å². The number of halogens is 1. The number of sulfonamides is 1. The lowest BCUT2D eigenvalue weighted by Gasteiger charge is -2.30. The van der Waals surface area contributed by atoms with Gasteiger partial charge in [0.05, 0.1) is 11.5 Å². The number of nitrogens with one attached hydrogen (secondary N) is 1. The standard InChI is InChI=1S/C14H20N2O3S.ClH/c1-16(12-4-7-15-8-5-12)20(17,18)13-2-3-14-11(10-13)6-9-19-14;/h2-3,10,12,15H,4-9H2,1H3;1H. The molecule has 0 spiro atoms. The summed E-state index contributed by atoms with van der Waals surface area (Å²) >= 11 is 0. The lowest BCUT2D eigenvalue weighted by atomic mass is 10.1. The molecule has 2 aliphatic rings. The first-order chi connectivity index (χ1) is 9.59. The highest BCUT2D eigenvalue weighted by molar-refractivity contribution is 7.89. The predicted octanol–water partition coefficient (Wildman–Crippen LogP) is 1.42. The van der Waals surface area contributed by atoms with Gasteiger partial charge in [0.2, 0.25) is 10.0 Å². The van der Waals surface area contributed by atoms with E-state index in [2.05, 4.69) is 5.32 Å². The van der Waals surface area contributed by atoms with Crippen molar-refractivity contribution in [3.63, 3.8) is 0 Å². The first kappa shape index (κ1) is 16.5. The van der Waals surface area contributed by atoms with Gasteiger partial charge in [-0.3, -0.25) is 0 Å². The van der Waals surface area contributed by atoms with E-state index in [4.69, 9.17) is 4.74 Å². The van der Waals surface area contributed by atoms with E-state index in [0.29, 0.717) is 11.5 Å². The monoisotopic (exact) mass is 332 g/mol. The van der Waals surface area contributed by atoms with Gasteiger partial charge in [-0.25, -0.2) is 8.42 Å². The van der Waals surface area contributed by atoms with Crippen LogP contribution in [0.25, 0.3) is 0 Å². The van der Waals surface area contributed by atoms with Crippen LogP contribution in [0, 0.1) is 0 Å². The number of nitrogens with zero attached hydrogens (tertiary/aromatic N) is 1. The van der Waals surface area contributed by atoms with E-state index < -0.39 is 10.0 Å². The summed E-state index contributed by atoms with van der Waals surface area (Å²) < 4.78 is 32.4. The number of hydrogen-bond donors (Lipinski definition) is 1. The number of rotatable bonds is 3. The highest BCUT2D eigenvalue weighted by Gasteiger charge is 2.29. The fraction of sp³-hybridized carbons (Fsp3) is 0.571. The Balaban J connectivity index is 0.00000161. The summed E-state index contributed by atoms with van der Waals surface area (Å²) in [4.78, 5) is 0.378. The Bertz CT molecular complexity index is 600. The molecule has 5 nitrogen and oxygen atoms in total. The molecule has 7 heteroatoms.